The van der Waals surface area contributed by atoms with Crippen LogP contribution in [0.25, 0.3) is 115 Å². The zero-order valence-corrected chi connectivity index (χ0v) is 27.4. The van der Waals surface area contributed by atoms with Crippen LogP contribution < -0.4 is 0 Å². The van der Waals surface area contributed by atoms with Crippen LogP contribution in [0, 0.1) is 0 Å². The maximum Gasteiger partial charge on any atom is 0.0622 e. The number of fused-ring (bicyclic) bond motifs is 15. The van der Waals surface area contributed by atoms with Crippen molar-refractivity contribution in [2.75, 3.05) is 0 Å². The lowest BCUT2D eigenvalue weighted by Crippen LogP contribution is -1.94. The first-order valence-electron chi connectivity index (χ1n) is 17.7. The van der Waals surface area contributed by atoms with E-state index in [4.69, 9.17) is 0 Å². The molecule has 13 aromatic rings. The standard InChI is InChI=1S/C48H27N3/c1-6-16-41-31(11-1)36-23-28(29-24-37-32-12-2-7-17-42(32)50-43-18-8-3-13-33(43)38(25-29)47(37)50)21-22-46(36)49(41)30-26-39-34-14-4-9-19-44(34)51-45-20-10-5-15-35(45)40(27-30)48(39)51/h1-27H. The first-order valence-corrected chi connectivity index (χ1v) is 17.7. The Kier molecular flexibility index (Phi) is 4.62. The summed E-state index contributed by atoms with van der Waals surface area (Å²) in [7, 11) is 0. The van der Waals surface area contributed by atoms with Crippen LogP contribution in [0.2, 0.25) is 0 Å². The summed E-state index contributed by atoms with van der Waals surface area (Å²) in [6.45, 7) is 0. The predicted molar refractivity (Wildman–Crippen MR) is 216 cm³/mol. The molecule has 0 saturated carbocycles. The van der Waals surface area contributed by atoms with Crippen LogP contribution in [0.15, 0.2) is 164 Å². The third-order valence-electron chi connectivity index (χ3n) is 11.7. The van der Waals surface area contributed by atoms with Crippen molar-refractivity contribution in [3.8, 4) is 16.8 Å². The summed E-state index contributed by atoms with van der Waals surface area (Å²) in [6, 6.07) is 60.9. The van der Waals surface area contributed by atoms with E-state index in [0.717, 1.165) is 0 Å². The van der Waals surface area contributed by atoms with Gasteiger partial charge in [-0.3, -0.25) is 0 Å². The molecule has 51 heavy (non-hydrogen) atoms. The smallest absolute Gasteiger partial charge is 0.0622 e. The van der Waals surface area contributed by atoms with Crippen LogP contribution in [0.4, 0.5) is 0 Å². The van der Waals surface area contributed by atoms with Crippen molar-refractivity contribution in [2.45, 2.75) is 0 Å². The molecule has 5 heterocycles. The number of para-hydroxylation sites is 5. The molecule has 3 nitrogen and oxygen atoms in total. The van der Waals surface area contributed by atoms with Gasteiger partial charge in [-0.2, -0.15) is 0 Å². The average Bonchev–Trinajstić information content (AvgIpc) is 3.97. The molecule has 0 amide bonds. The Morgan fingerprint density at radius 3 is 1.08 bits per heavy atom. The van der Waals surface area contributed by atoms with E-state index >= 15 is 0 Å². The van der Waals surface area contributed by atoms with Crippen molar-refractivity contribution in [1.29, 1.82) is 0 Å². The number of hydrogen-bond donors (Lipinski definition) is 0. The van der Waals surface area contributed by atoms with Crippen LogP contribution in [-0.4, -0.2) is 13.4 Å². The van der Waals surface area contributed by atoms with E-state index in [1.54, 1.807) is 0 Å². The maximum absolute atomic E-state index is 2.48. The van der Waals surface area contributed by atoms with Gasteiger partial charge in [0.15, 0.2) is 0 Å². The highest BCUT2D eigenvalue weighted by atomic mass is 15.0. The minimum atomic E-state index is 1.19. The number of benzene rings is 8. The molecule has 3 heteroatoms. The van der Waals surface area contributed by atoms with E-state index in [1.807, 2.05) is 0 Å². The molecule has 0 atom stereocenters. The predicted octanol–water partition coefficient (Wildman–Crippen LogP) is 12.8. The zero-order chi connectivity index (χ0) is 32.9. The van der Waals surface area contributed by atoms with Gasteiger partial charge in [0.1, 0.15) is 0 Å². The maximum atomic E-state index is 2.48. The molecule has 13 rings (SSSR count). The summed E-state index contributed by atoms with van der Waals surface area (Å²) in [5.41, 5.74) is 13.8. The van der Waals surface area contributed by atoms with Crippen molar-refractivity contribution < 1.29 is 0 Å². The molecular formula is C48H27N3. The third-order valence-corrected chi connectivity index (χ3v) is 11.7. The average molecular weight is 646 g/mol. The summed E-state index contributed by atoms with van der Waals surface area (Å²) in [4.78, 5) is 0. The summed E-state index contributed by atoms with van der Waals surface area (Å²) in [6.07, 6.45) is 0. The summed E-state index contributed by atoms with van der Waals surface area (Å²) < 4.78 is 7.38. The number of nitrogens with zero attached hydrogens (tertiary/aromatic N) is 3. The lowest BCUT2D eigenvalue weighted by Gasteiger charge is -2.10. The third kappa shape index (κ3) is 3.12. The van der Waals surface area contributed by atoms with E-state index < -0.39 is 0 Å². The Balaban J connectivity index is 1.10. The van der Waals surface area contributed by atoms with Gasteiger partial charge in [-0.1, -0.05) is 97.1 Å². The van der Waals surface area contributed by atoms with Crippen LogP contribution in [0.5, 0.6) is 0 Å². The molecule has 234 valence electrons. The lowest BCUT2D eigenvalue weighted by atomic mass is 9.98. The van der Waals surface area contributed by atoms with E-state index in [2.05, 4.69) is 177 Å². The minimum Gasteiger partial charge on any atom is -0.309 e. The summed E-state index contributed by atoms with van der Waals surface area (Å²) in [5.74, 6) is 0. The van der Waals surface area contributed by atoms with Crippen molar-refractivity contribution in [3.05, 3.63) is 164 Å². The highest BCUT2D eigenvalue weighted by molar-refractivity contribution is 6.26. The Morgan fingerprint density at radius 2 is 0.608 bits per heavy atom. The molecule has 0 aliphatic carbocycles. The van der Waals surface area contributed by atoms with Crippen LogP contribution in [0.1, 0.15) is 0 Å². The second kappa shape index (κ2) is 9.03. The lowest BCUT2D eigenvalue weighted by molar-refractivity contribution is 1.19. The molecule has 0 bridgehead atoms. The fourth-order valence-electron chi connectivity index (χ4n) is 9.61. The molecule has 0 spiro atoms. The van der Waals surface area contributed by atoms with Crippen molar-refractivity contribution >= 4 is 98.0 Å². The Bertz CT molecular complexity index is 3420. The highest BCUT2D eigenvalue weighted by Gasteiger charge is 2.22. The van der Waals surface area contributed by atoms with Gasteiger partial charge in [0.2, 0.25) is 0 Å². The second-order valence-electron chi connectivity index (χ2n) is 14.1. The van der Waals surface area contributed by atoms with E-state index in [1.165, 1.54) is 115 Å². The topological polar surface area (TPSA) is 13.8 Å². The zero-order valence-electron chi connectivity index (χ0n) is 27.4. The normalized spacial score (nSPS) is 12.7. The molecule has 0 fully saturated rings. The van der Waals surface area contributed by atoms with E-state index in [-0.39, 0.29) is 0 Å². The first-order chi connectivity index (χ1) is 25.3. The quantitative estimate of drug-likeness (QED) is 0.178. The molecule has 0 aliphatic rings. The van der Waals surface area contributed by atoms with Gasteiger partial charge in [-0.05, 0) is 77.9 Å². The van der Waals surface area contributed by atoms with Gasteiger partial charge in [0.05, 0.1) is 44.1 Å². The largest absolute Gasteiger partial charge is 0.309 e. The van der Waals surface area contributed by atoms with Gasteiger partial charge in [0, 0.05) is 59.5 Å². The van der Waals surface area contributed by atoms with Gasteiger partial charge < -0.3 is 13.4 Å². The number of hydrogen-bond acceptors (Lipinski definition) is 0. The number of rotatable bonds is 2. The van der Waals surface area contributed by atoms with E-state index in [0.29, 0.717) is 0 Å². The van der Waals surface area contributed by atoms with Crippen molar-refractivity contribution in [2.24, 2.45) is 0 Å². The van der Waals surface area contributed by atoms with Gasteiger partial charge in [0.25, 0.3) is 0 Å². The molecule has 5 aromatic heterocycles. The first kappa shape index (κ1) is 26.1. The van der Waals surface area contributed by atoms with Gasteiger partial charge in [-0.15, -0.1) is 0 Å². The van der Waals surface area contributed by atoms with Crippen LogP contribution >= 0.6 is 0 Å². The van der Waals surface area contributed by atoms with Crippen LogP contribution in [-0.2, 0) is 0 Å². The Hall–Kier alpha value is -6.84. The monoisotopic (exact) mass is 645 g/mol. The molecule has 0 N–H and O–H groups in total. The SMILES string of the molecule is c1ccc2c(c1)c1cc(-c3cc4c5ccccc5n5c6ccccc6c(c3)c45)ccc1n2-c1cc2c3ccccc3n3c4ccccc4c(c1)c23. The van der Waals surface area contributed by atoms with Crippen molar-refractivity contribution in [1.82, 2.24) is 13.4 Å². The molecule has 0 aliphatic heterocycles. The molecule has 0 saturated heterocycles. The molecule has 0 radical (unpaired) electrons. The molecule has 0 unspecified atom stereocenters. The van der Waals surface area contributed by atoms with Gasteiger partial charge >= 0.3 is 0 Å². The Morgan fingerprint density at radius 1 is 0.255 bits per heavy atom. The Labute approximate surface area is 291 Å². The highest BCUT2D eigenvalue weighted by Crippen LogP contribution is 2.44. The molecular weight excluding hydrogens is 619 g/mol. The number of aromatic nitrogens is 3. The van der Waals surface area contributed by atoms with Crippen LogP contribution in [0.3, 0.4) is 0 Å². The fourth-order valence-corrected chi connectivity index (χ4v) is 9.61. The second-order valence-corrected chi connectivity index (χ2v) is 14.1. The molecule has 8 aromatic carbocycles. The minimum absolute atomic E-state index is 1.19. The fraction of sp³-hybridized carbons (Fsp3) is 0. The summed E-state index contributed by atoms with van der Waals surface area (Å²) in [5, 5.41) is 12.9. The van der Waals surface area contributed by atoms with E-state index in [9.17, 15) is 0 Å². The van der Waals surface area contributed by atoms with Crippen molar-refractivity contribution in [3.63, 3.8) is 0 Å². The summed E-state index contributed by atoms with van der Waals surface area (Å²) >= 11 is 0. The van der Waals surface area contributed by atoms with Gasteiger partial charge in [-0.25, -0.2) is 0 Å².